The highest BCUT2D eigenvalue weighted by molar-refractivity contribution is 5.99. The lowest BCUT2D eigenvalue weighted by molar-refractivity contribution is -0.137. The van der Waals surface area contributed by atoms with Crippen LogP contribution in [-0.2, 0) is 11.3 Å². The quantitative estimate of drug-likeness (QED) is 0.710. The van der Waals surface area contributed by atoms with Crippen LogP contribution >= 0.6 is 0 Å². The molecule has 0 aliphatic carbocycles. The van der Waals surface area contributed by atoms with E-state index in [1.165, 1.54) is 0 Å². The average Bonchev–Trinajstić information content (AvgIpc) is 2.47. The van der Waals surface area contributed by atoms with E-state index in [2.05, 4.69) is 0 Å². The van der Waals surface area contributed by atoms with Gasteiger partial charge < -0.3 is 29.4 Å². The number of nitrogens with zero attached hydrogens (tertiary/aromatic N) is 1. The molecule has 2 heterocycles. The maximum atomic E-state index is 11.3. The van der Waals surface area contributed by atoms with Crippen LogP contribution in [0.4, 0.5) is 0 Å². The number of aromatic carboxylic acids is 2. The lowest BCUT2D eigenvalue weighted by Gasteiger charge is -2.07. The number of carboxylic acids is 3. The second kappa shape index (κ2) is 5.11. The third-order valence-corrected chi connectivity index (χ3v) is 2.66. The number of hydrogen-bond donors (Lipinski definition) is 3. The van der Waals surface area contributed by atoms with Crippen LogP contribution < -0.4 is 9.47 Å². The normalized spacial score (nSPS) is 13.6. The van der Waals surface area contributed by atoms with Crippen LogP contribution in [0.3, 0.4) is 0 Å². The molecule has 20 heavy (non-hydrogen) atoms. The Bertz CT molecular complexity index is 546. The van der Waals surface area contributed by atoms with Gasteiger partial charge in [0.25, 0.3) is 0 Å². The van der Waals surface area contributed by atoms with Crippen LogP contribution in [0.2, 0.25) is 0 Å². The number of carboxylic acid groups (broad SMARTS) is 3. The Morgan fingerprint density at radius 3 is 1.75 bits per heavy atom. The van der Waals surface area contributed by atoms with Crippen molar-refractivity contribution in [2.75, 3.05) is 13.2 Å². The second-order valence-electron chi connectivity index (χ2n) is 4.00. The monoisotopic (exact) mass is 285 g/mol. The zero-order valence-electron chi connectivity index (χ0n) is 10.2. The van der Waals surface area contributed by atoms with Crippen molar-refractivity contribution < 1.29 is 39.2 Å². The summed E-state index contributed by atoms with van der Waals surface area (Å²) in [6, 6.07) is 0. The van der Waals surface area contributed by atoms with Gasteiger partial charge in [0.15, 0.2) is 22.9 Å². The third kappa shape index (κ3) is 2.25. The van der Waals surface area contributed by atoms with E-state index in [4.69, 9.17) is 14.6 Å². The Hall–Kier alpha value is -2.71. The standard InChI is InChI=1S/C11H11NO8/c13-5(14)4-12-6(10(15)16)8-9(7(12)11(17)18)20-3-1-2-19-8/h1-4H2,(H,13,14)(H,15,16)(H,17,18). The maximum absolute atomic E-state index is 11.3. The van der Waals surface area contributed by atoms with Crippen molar-refractivity contribution in [1.29, 1.82) is 0 Å². The average molecular weight is 285 g/mol. The largest absolute Gasteiger partial charge is 0.487 e. The van der Waals surface area contributed by atoms with Crippen molar-refractivity contribution in [2.24, 2.45) is 0 Å². The second-order valence-corrected chi connectivity index (χ2v) is 4.00. The molecule has 0 aromatic carbocycles. The van der Waals surface area contributed by atoms with E-state index in [0.29, 0.717) is 11.0 Å². The van der Waals surface area contributed by atoms with E-state index in [1.807, 2.05) is 0 Å². The van der Waals surface area contributed by atoms with Gasteiger partial charge in [-0.05, 0) is 0 Å². The molecule has 1 aromatic heterocycles. The Balaban J connectivity index is 2.72. The van der Waals surface area contributed by atoms with E-state index in [0.717, 1.165) is 0 Å². The summed E-state index contributed by atoms with van der Waals surface area (Å²) in [5.74, 6) is -4.83. The van der Waals surface area contributed by atoms with Crippen LogP contribution in [-0.4, -0.2) is 51.0 Å². The first-order valence-corrected chi connectivity index (χ1v) is 5.64. The molecule has 3 N–H and O–H groups in total. The zero-order chi connectivity index (χ0) is 14.9. The van der Waals surface area contributed by atoms with Gasteiger partial charge in [-0.1, -0.05) is 0 Å². The van der Waals surface area contributed by atoms with Gasteiger partial charge in [-0.3, -0.25) is 4.79 Å². The maximum Gasteiger partial charge on any atom is 0.356 e. The molecule has 0 fully saturated rings. The molecule has 0 atom stereocenters. The molecule has 0 bridgehead atoms. The van der Waals surface area contributed by atoms with Gasteiger partial charge in [0.05, 0.1) is 13.2 Å². The number of rotatable bonds is 4. The first kappa shape index (κ1) is 13.7. The van der Waals surface area contributed by atoms with Crippen LogP contribution in [0, 0.1) is 0 Å². The van der Waals surface area contributed by atoms with Gasteiger partial charge >= 0.3 is 17.9 Å². The fourth-order valence-corrected chi connectivity index (χ4v) is 1.97. The lowest BCUT2D eigenvalue weighted by Crippen LogP contribution is -2.20. The van der Waals surface area contributed by atoms with E-state index in [9.17, 15) is 24.6 Å². The predicted molar refractivity (Wildman–Crippen MR) is 61.6 cm³/mol. The molecule has 1 aliphatic heterocycles. The van der Waals surface area contributed by atoms with Crippen molar-refractivity contribution in [3.8, 4) is 11.5 Å². The third-order valence-electron chi connectivity index (χ3n) is 2.66. The van der Waals surface area contributed by atoms with Gasteiger partial charge in [-0.25, -0.2) is 9.59 Å². The van der Waals surface area contributed by atoms with Gasteiger partial charge in [0.1, 0.15) is 6.54 Å². The molecule has 0 saturated heterocycles. The Morgan fingerprint density at radius 1 is 0.950 bits per heavy atom. The van der Waals surface area contributed by atoms with E-state index in [-0.39, 0.29) is 24.7 Å². The minimum absolute atomic E-state index is 0.156. The van der Waals surface area contributed by atoms with Gasteiger partial charge in [0, 0.05) is 6.42 Å². The van der Waals surface area contributed by atoms with Gasteiger partial charge in [-0.2, -0.15) is 0 Å². The molecule has 1 aromatic rings. The molecule has 1 aliphatic rings. The summed E-state index contributed by atoms with van der Waals surface area (Å²) >= 11 is 0. The van der Waals surface area contributed by atoms with Crippen LogP contribution in [0.5, 0.6) is 11.5 Å². The highest BCUT2D eigenvalue weighted by atomic mass is 16.5. The Morgan fingerprint density at radius 2 is 1.40 bits per heavy atom. The Labute approximate surface area is 111 Å². The molecular weight excluding hydrogens is 274 g/mol. The molecule has 0 saturated carbocycles. The lowest BCUT2D eigenvalue weighted by atomic mass is 10.3. The SMILES string of the molecule is O=C(O)Cn1c(C(=O)O)c2c(c1C(=O)O)OCCCO2. The molecule has 0 unspecified atom stereocenters. The predicted octanol–water partition coefficient (Wildman–Crippen LogP) is 0.130. The van der Waals surface area contributed by atoms with Crippen molar-refractivity contribution in [1.82, 2.24) is 4.57 Å². The molecule has 2 rings (SSSR count). The van der Waals surface area contributed by atoms with E-state index < -0.39 is 35.8 Å². The number of carbonyl (C=O) groups is 3. The molecule has 108 valence electrons. The van der Waals surface area contributed by atoms with Crippen LogP contribution in [0.25, 0.3) is 0 Å². The molecule has 0 radical (unpaired) electrons. The highest BCUT2D eigenvalue weighted by Crippen LogP contribution is 2.39. The molecule has 9 heteroatoms. The number of hydrogen-bond acceptors (Lipinski definition) is 5. The number of aliphatic carboxylic acids is 1. The summed E-state index contributed by atoms with van der Waals surface area (Å²) in [5.41, 5.74) is -1.08. The number of aromatic nitrogens is 1. The molecule has 9 nitrogen and oxygen atoms in total. The summed E-state index contributed by atoms with van der Waals surface area (Å²) < 4.78 is 11.1. The van der Waals surface area contributed by atoms with Crippen molar-refractivity contribution in [3.63, 3.8) is 0 Å². The summed E-state index contributed by atoms with van der Waals surface area (Å²) in [5, 5.41) is 27.2. The van der Waals surface area contributed by atoms with Crippen molar-refractivity contribution in [3.05, 3.63) is 11.4 Å². The molecule has 0 spiro atoms. The fraction of sp³-hybridized carbons (Fsp3) is 0.364. The Kier molecular flexibility index (Phi) is 3.51. The van der Waals surface area contributed by atoms with Crippen LogP contribution in [0.1, 0.15) is 27.4 Å². The minimum Gasteiger partial charge on any atom is -0.487 e. The molecular formula is C11H11NO8. The first-order chi connectivity index (χ1) is 9.43. The van der Waals surface area contributed by atoms with E-state index >= 15 is 0 Å². The number of fused-ring (bicyclic) bond motifs is 1. The minimum atomic E-state index is -1.49. The fourth-order valence-electron chi connectivity index (χ4n) is 1.97. The van der Waals surface area contributed by atoms with Crippen LogP contribution in [0.15, 0.2) is 0 Å². The summed E-state index contributed by atoms with van der Waals surface area (Å²) in [6.45, 7) is -0.504. The highest BCUT2D eigenvalue weighted by Gasteiger charge is 2.34. The topological polar surface area (TPSA) is 135 Å². The summed E-state index contributed by atoms with van der Waals surface area (Å²) in [7, 11) is 0. The van der Waals surface area contributed by atoms with Crippen molar-refractivity contribution in [2.45, 2.75) is 13.0 Å². The van der Waals surface area contributed by atoms with E-state index in [1.54, 1.807) is 0 Å². The first-order valence-electron chi connectivity index (χ1n) is 5.64. The smallest absolute Gasteiger partial charge is 0.356 e. The van der Waals surface area contributed by atoms with Gasteiger partial charge in [0.2, 0.25) is 0 Å². The number of ether oxygens (including phenoxy) is 2. The van der Waals surface area contributed by atoms with Crippen molar-refractivity contribution >= 4 is 17.9 Å². The summed E-state index contributed by atoms with van der Waals surface area (Å²) in [6.07, 6.45) is 0.464. The molecule has 0 amide bonds. The van der Waals surface area contributed by atoms with Gasteiger partial charge in [-0.15, -0.1) is 0 Å². The zero-order valence-corrected chi connectivity index (χ0v) is 10.2. The summed E-state index contributed by atoms with van der Waals surface area (Å²) in [4.78, 5) is 33.4.